The third kappa shape index (κ3) is 3.38. The van der Waals surface area contributed by atoms with Gasteiger partial charge in [0.15, 0.2) is 0 Å². The molecule has 0 aliphatic heterocycles. The number of anilines is 1. The summed E-state index contributed by atoms with van der Waals surface area (Å²) in [5.41, 5.74) is 1.30. The molecule has 0 aliphatic carbocycles. The van der Waals surface area contributed by atoms with E-state index in [0.29, 0.717) is 0 Å². The molecular weight excluding hydrogens is 276 g/mol. The van der Waals surface area contributed by atoms with Crippen molar-refractivity contribution in [1.29, 1.82) is 0 Å². The van der Waals surface area contributed by atoms with E-state index in [1.807, 2.05) is 0 Å². The number of amides is 1. The number of aromatic nitrogens is 4. The van der Waals surface area contributed by atoms with Crippen molar-refractivity contribution in [2.24, 2.45) is 0 Å². The maximum atomic E-state index is 12.1. The zero-order valence-corrected chi connectivity index (χ0v) is 11.8. The molecule has 0 saturated heterocycles. The Bertz CT molecular complexity index is 676. The van der Waals surface area contributed by atoms with E-state index < -0.39 is 16.9 Å². The molecule has 2 aromatic rings. The van der Waals surface area contributed by atoms with E-state index in [9.17, 15) is 14.9 Å². The molecule has 2 rings (SSSR count). The van der Waals surface area contributed by atoms with Gasteiger partial charge >= 0.3 is 5.69 Å². The molecule has 2 aromatic heterocycles. The molecule has 1 atom stereocenters. The lowest BCUT2D eigenvalue weighted by Crippen LogP contribution is -2.25. The summed E-state index contributed by atoms with van der Waals surface area (Å²) in [6, 6.07) is 1.07. The molecule has 1 N–H and O–H groups in total. The highest BCUT2D eigenvalue weighted by Crippen LogP contribution is 2.14. The van der Waals surface area contributed by atoms with Gasteiger partial charge in [0.25, 0.3) is 5.91 Å². The van der Waals surface area contributed by atoms with E-state index in [2.05, 4.69) is 20.4 Å². The highest BCUT2D eigenvalue weighted by molar-refractivity contribution is 5.91. The highest BCUT2D eigenvalue weighted by Gasteiger charge is 2.20. The van der Waals surface area contributed by atoms with Crippen LogP contribution in [0.3, 0.4) is 0 Å². The van der Waals surface area contributed by atoms with Gasteiger partial charge in [0.1, 0.15) is 18.4 Å². The summed E-state index contributed by atoms with van der Waals surface area (Å²) >= 11 is 0. The fourth-order valence-corrected chi connectivity index (χ4v) is 1.75. The standard InChI is InChI=1S/C12H14N6O3/c1-7-4-8(2)15-12(14-7)16-11(19)9(3)17-6-10(5-13-17)18(20)21/h4-6,9H,1-3H3,(H,14,15,16,19)/t9-/m1/s1. The van der Waals surface area contributed by atoms with Crippen LogP contribution in [0.1, 0.15) is 24.4 Å². The van der Waals surface area contributed by atoms with E-state index in [1.165, 1.54) is 10.9 Å². The van der Waals surface area contributed by atoms with Crippen LogP contribution in [0.5, 0.6) is 0 Å². The summed E-state index contributed by atoms with van der Waals surface area (Å²) in [4.78, 5) is 30.3. The Morgan fingerprint density at radius 3 is 2.52 bits per heavy atom. The van der Waals surface area contributed by atoms with E-state index in [0.717, 1.165) is 17.6 Å². The van der Waals surface area contributed by atoms with Crippen molar-refractivity contribution < 1.29 is 9.72 Å². The lowest BCUT2D eigenvalue weighted by molar-refractivity contribution is -0.385. The van der Waals surface area contributed by atoms with Crippen molar-refractivity contribution in [2.45, 2.75) is 26.8 Å². The van der Waals surface area contributed by atoms with Crippen LogP contribution in [0, 0.1) is 24.0 Å². The van der Waals surface area contributed by atoms with E-state index in [-0.39, 0.29) is 11.6 Å². The number of rotatable bonds is 4. The molecule has 0 spiro atoms. The Kier molecular flexibility index (Phi) is 3.92. The molecular formula is C12H14N6O3. The smallest absolute Gasteiger partial charge is 0.293 e. The molecule has 9 heteroatoms. The minimum atomic E-state index is -0.719. The predicted octanol–water partition coefficient (Wildman–Crippen LogP) is 1.40. The largest absolute Gasteiger partial charge is 0.307 e. The van der Waals surface area contributed by atoms with Crippen molar-refractivity contribution in [1.82, 2.24) is 19.7 Å². The number of nitro groups is 1. The Hall–Kier alpha value is -2.84. The van der Waals surface area contributed by atoms with Crippen LogP contribution in [0.25, 0.3) is 0 Å². The summed E-state index contributed by atoms with van der Waals surface area (Å²) in [5.74, 6) is -0.205. The maximum Gasteiger partial charge on any atom is 0.307 e. The Labute approximate surface area is 120 Å². The van der Waals surface area contributed by atoms with Crippen molar-refractivity contribution in [3.8, 4) is 0 Å². The zero-order chi connectivity index (χ0) is 15.6. The first-order valence-corrected chi connectivity index (χ1v) is 6.18. The predicted molar refractivity (Wildman–Crippen MR) is 73.7 cm³/mol. The second kappa shape index (κ2) is 5.65. The van der Waals surface area contributed by atoms with Crippen molar-refractivity contribution >= 4 is 17.5 Å². The van der Waals surface area contributed by atoms with Gasteiger partial charge < -0.3 is 0 Å². The molecule has 1 amide bonds. The van der Waals surface area contributed by atoms with Gasteiger partial charge in [-0.2, -0.15) is 5.10 Å². The lowest BCUT2D eigenvalue weighted by Gasteiger charge is -2.11. The summed E-state index contributed by atoms with van der Waals surface area (Å²) in [5, 5.41) is 17.0. The van der Waals surface area contributed by atoms with Gasteiger partial charge in [-0.25, -0.2) is 9.97 Å². The second-order valence-electron chi connectivity index (χ2n) is 4.58. The van der Waals surface area contributed by atoms with Gasteiger partial charge in [-0.15, -0.1) is 0 Å². The van der Waals surface area contributed by atoms with Crippen LogP contribution >= 0.6 is 0 Å². The average molecular weight is 290 g/mol. The molecule has 0 radical (unpaired) electrons. The second-order valence-corrected chi connectivity index (χ2v) is 4.58. The van der Waals surface area contributed by atoms with Crippen LogP contribution in [-0.2, 0) is 4.79 Å². The summed E-state index contributed by atoms with van der Waals surface area (Å²) in [6.45, 7) is 5.17. The van der Waals surface area contributed by atoms with Crippen LogP contribution in [0.4, 0.5) is 11.6 Å². The summed E-state index contributed by atoms with van der Waals surface area (Å²) < 4.78 is 1.22. The monoisotopic (exact) mass is 290 g/mol. The normalized spacial score (nSPS) is 12.0. The average Bonchev–Trinajstić information content (AvgIpc) is 2.86. The van der Waals surface area contributed by atoms with Gasteiger partial charge in [0.05, 0.1) is 4.92 Å². The number of nitrogens with zero attached hydrogens (tertiary/aromatic N) is 5. The van der Waals surface area contributed by atoms with Gasteiger partial charge in [-0.05, 0) is 26.8 Å². The first-order valence-electron chi connectivity index (χ1n) is 6.18. The molecule has 0 bridgehead atoms. The zero-order valence-electron chi connectivity index (χ0n) is 11.8. The minimum absolute atomic E-state index is 0.169. The third-order valence-corrected chi connectivity index (χ3v) is 2.79. The Morgan fingerprint density at radius 2 is 2.00 bits per heavy atom. The summed E-state index contributed by atoms with van der Waals surface area (Å²) in [6.07, 6.45) is 2.30. The molecule has 0 unspecified atom stereocenters. The topological polar surface area (TPSA) is 116 Å². The van der Waals surface area contributed by atoms with Crippen LogP contribution in [0.15, 0.2) is 18.5 Å². The number of nitrogens with one attached hydrogen (secondary N) is 1. The van der Waals surface area contributed by atoms with E-state index >= 15 is 0 Å². The highest BCUT2D eigenvalue weighted by atomic mass is 16.6. The molecule has 0 aromatic carbocycles. The molecule has 0 aliphatic rings. The van der Waals surface area contributed by atoms with Crippen LogP contribution in [-0.4, -0.2) is 30.6 Å². The van der Waals surface area contributed by atoms with Crippen molar-refractivity contribution in [3.05, 3.63) is 40.0 Å². The van der Waals surface area contributed by atoms with Gasteiger partial charge in [-0.3, -0.25) is 24.9 Å². The van der Waals surface area contributed by atoms with Crippen LogP contribution in [0.2, 0.25) is 0 Å². The van der Waals surface area contributed by atoms with Crippen molar-refractivity contribution in [3.63, 3.8) is 0 Å². The SMILES string of the molecule is Cc1cc(C)nc(NC(=O)[C@@H](C)n2cc([N+](=O)[O-])cn2)n1. The first kappa shape index (κ1) is 14.6. The summed E-state index contributed by atoms with van der Waals surface area (Å²) in [7, 11) is 0. The molecule has 21 heavy (non-hydrogen) atoms. The van der Waals surface area contributed by atoms with Gasteiger partial charge in [0.2, 0.25) is 5.95 Å². The fourth-order valence-electron chi connectivity index (χ4n) is 1.75. The fraction of sp³-hybridized carbons (Fsp3) is 0.333. The minimum Gasteiger partial charge on any atom is -0.293 e. The van der Waals surface area contributed by atoms with Gasteiger partial charge in [-0.1, -0.05) is 0 Å². The number of carbonyl (C=O) groups excluding carboxylic acids is 1. The third-order valence-electron chi connectivity index (χ3n) is 2.79. The molecule has 110 valence electrons. The maximum absolute atomic E-state index is 12.1. The van der Waals surface area contributed by atoms with Crippen molar-refractivity contribution in [2.75, 3.05) is 5.32 Å². The molecule has 0 fully saturated rings. The van der Waals surface area contributed by atoms with E-state index in [4.69, 9.17) is 0 Å². The van der Waals surface area contributed by atoms with Crippen LogP contribution < -0.4 is 5.32 Å². The number of hydrogen-bond acceptors (Lipinski definition) is 6. The Balaban J connectivity index is 2.13. The number of carbonyl (C=O) groups is 1. The lowest BCUT2D eigenvalue weighted by atomic mass is 10.3. The molecule has 9 nitrogen and oxygen atoms in total. The number of hydrogen-bond donors (Lipinski definition) is 1. The number of aryl methyl sites for hydroxylation is 2. The molecule has 2 heterocycles. The Morgan fingerprint density at radius 1 is 1.38 bits per heavy atom. The quantitative estimate of drug-likeness (QED) is 0.672. The van der Waals surface area contributed by atoms with E-state index in [1.54, 1.807) is 26.8 Å². The molecule has 0 saturated carbocycles. The van der Waals surface area contributed by atoms with Gasteiger partial charge in [0, 0.05) is 11.4 Å². The first-order chi connectivity index (χ1) is 9.86.